The average molecular weight is 373 g/mol. The summed E-state index contributed by atoms with van der Waals surface area (Å²) in [4.78, 5) is 11.8. The summed E-state index contributed by atoms with van der Waals surface area (Å²) in [6.45, 7) is 2.33. The quantitative estimate of drug-likeness (QED) is 0.778. The summed E-state index contributed by atoms with van der Waals surface area (Å²) in [5, 5.41) is 7.96. The molecule has 0 heterocycles. The lowest BCUT2D eigenvalue weighted by Crippen LogP contribution is -2.29. The van der Waals surface area contributed by atoms with E-state index >= 15 is 0 Å². The average Bonchev–Trinajstić information content (AvgIpc) is 2.45. The fourth-order valence-electron chi connectivity index (χ4n) is 2.32. The monoisotopic (exact) mass is 371 g/mol. The van der Waals surface area contributed by atoms with E-state index in [9.17, 15) is 4.79 Å². The summed E-state index contributed by atoms with van der Waals surface area (Å²) < 4.78 is 0.829. The Hall–Kier alpha value is -1.07. The van der Waals surface area contributed by atoms with Crippen LogP contribution in [-0.2, 0) is 4.79 Å². The summed E-state index contributed by atoms with van der Waals surface area (Å²) in [7, 11) is 0. The SMILES string of the molecule is CC1CCCCC1=NNC(=O)CNc1ccc(Cl)cc1Br. The molecular weight excluding hydrogens is 354 g/mol. The van der Waals surface area contributed by atoms with Crippen molar-refractivity contribution in [2.24, 2.45) is 11.0 Å². The van der Waals surface area contributed by atoms with Crippen LogP contribution in [0.4, 0.5) is 5.69 Å². The number of carbonyl (C=O) groups is 1. The highest BCUT2D eigenvalue weighted by atomic mass is 79.9. The van der Waals surface area contributed by atoms with Crippen LogP contribution in [0.3, 0.4) is 0 Å². The first-order valence-corrected chi connectivity index (χ1v) is 8.27. The van der Waals surface area contributed by atoms with Crippen LogP contribution in [0.15, 0.2) is 27.8 Å². The van der Waals surface area contributed by atoms with Gasteiger partial charge in [0.15, 0.2) is 0 Å². The van der Waals surface area contributed by atoms with E-state index in [4.69, 9.17) is 11.6 Å². The molecule has 114 valence electrons. The van der Waals surface area contributed by atoms with Crippen LogP contribution in [0.1, 0.15) is 32.6 Å². The van der Waals surface area contributed by atoms with Gasteiger partial charge in [-0.2, -0.15) is 5.10 Å². The summed E-state index contributed by atoms with van der Waals surface area (Å²) in [5.74, 6) is 0.319. The molecule has 0 spiro atoms. The van der Waals surface area contributed by atoms with Gasteiger partial charge in [-0.15, -0.1) is 0 Å². The van der Waals surface area contributed by atoms with Crippen LogP contribution in [0, 0.1) is 5.92 Å². The molecule has 6 heteroatoms. The molecule has 2 N–H and O–H groups in total. The molecule has 1 aromatic carbocycles. The molecule has 0 bridgehead atoms. The fraction of sp³-hybridized carbons (Fsp3) is 0.467. The second kappa shape index (κ2) is 7.80. The van der Waals surface area contributed by atoms with Gasteiger partial charge in [-0.05, 0) is 59.3 Å². The number of hydrogen-bond donors (Lipinski definition) is 2. The number of carbonyl (C=O) groups excluding carboxylic acids is 1. The third kappa shape index (κ3) is 5.00. The molecule has 1 aliphatic carbocycles. The van der Waals surface area contributed by atoms with E-state index in [2.05, 4.69) is 38.7 Å². The Morgan fingerprint density at radius 1 is 1.48 bits per heavy atom. The number of anilines is 1. The highest BCUT2D eigenvalue weighted by Crippen LogP contribution is 2.25. The van der Waals surface area contributed by atoms with Crippen molar-refractivity contribution in [1.29, 1.82) is 0 Å². The minimum atomic E-state index is -0.151. The highest BCUT2D eigenvalue weighted by molar-refractivity contribution is 9.10. The van der Waals surface area contributed by atoms with Gasteiger partial charge in [0.05, 0.1) is 6.54 Å². The Labute approximate surface area is 138 Å². The summed E-state index contributed by atoms with van der Waals surface area (Å²) in [6, 6.07) is 5.39. The molecule has 1 aliphatic rings. The van der Waals surface area contributed by atoms with Gasteiger partial charge >= 0.3 is 0 Å². The lowest BCUT2D eigenvalue weighted by Gasteiger charge is -2.19. The van der Waals surface area contributed by atoms with E-state index in [1.54, 1.807) is 12.1 Å². The molecule has 1 fully saturated rings. The molecule has 1 aromatic rings. The molecule has 0 saturated heterocycles. The first kappa shape index (κ1) is 16.3. The predicted molar refractivity (Wildman–Crippen MR) is 90.9 cm³/mol. The van der Waals surface area contributed by atoms with Crippen molar-refractivity contribution in [3.63, 3.8) is 0 Å². The molecule has 2 rings (SSSR count). The van der Waals surface area contributed by atoms with Crippen molar-refractivity contribution in [1.82, 2.24) is 5.43 Å². The Kier molecular flexibility index (Phi) is 6.06. The standard InChI is InChI=1S/C15H19BrClN3O/c1-10-4-2-3-5-13(10)19-20-15(21)9-18-14-7-6-11(17)8-12(14)16/h6-8,10,18H,2-5,9H2,1H3,(H,20,21). The number of nitrogens with zero attached hydrogens (tertiary/aromatic N) is 1. The molecular formula is C15H19BrClN3O. The zero-order valence-corrected chi connectivity index (χ0v) is 14.3. The maximum atomic E-state index is 11.8. The molecule has 1 saturated carbocycles. The van der Waals surface area contributed by atoms with Crippen molar-refractivity contribution < 1.29 is 4.79 Å². The first-order chi connectivity index (χ1) is 10.1. The van der Waals surface area contributed by atoms with E-state index in [1.807, 2.05) is 6.07 Å². The van der Waals surface area contributed by atoms with E-state index in [-0.39, 0.29) is 12.5 Å². The summed E-state index contributed by atoms with van der Waals surface area (Å²) in [5.41, 5.74) is 4.56. The minimum absolute atomic E-state index is 0.151. The first-order valence-electron chi connectivity index (χ1n) is 7.10. The number of hydrazone groups is 1. The van der Waals surface area contributed by atoms with Crippen molar-refractivity contribution in [3.05, 3.63) is 27.7 Å². The molecule has 1 atom stereocenters. The largest absolute Gasteiger partial charge is 0.375 e. The van der Waals surface area contributed by atoms with Crippen molar-refractivity contribution >= 4 is 44.8 Å². The lowest BCUT2D eigenvalue weighted by atomic mass is 9.89. The molecule has 21 heavy (non-hydrogen) atoms. The smallest absolute Gasteiger partial charge is 0.259 e. The fourth-order valence-corrected chi connectivity index (χ4v) is 3.14. The normalized spacial score (nSPS) is 20.3. The lowest BCUT2D eigenvalue weighted by molar-refractivity contribution is -0.119. The molecule has 1 unspecified atom stereocenters. The number of rotatable bonds is 4. The molecule has 0 aromatic heterocycles. The molecule has 4 nitrogen and oxygen atoms in total. The van der Waals surface area contributed by atoms with Gasteiger partial charge in [0.25, 0.3) is 5.91 Å². The second-order valence-corrected chi connectivity index (χ2v) is 6.55. The molecule has 0 radical (unpaired) electrons. The van der Waals surface area contributed by atoms with Crippen LogP contribution in [0.2, 0.25) is 5.02 Å². The second-order valence-electron chi connectivity index (χ2n) is 5.26. The maximum absolute atomic E-state index is 11.8. The molecule has 0 aliphatic heterocycles. The van der Waals surface area contributed by atoms with E-state index < -0.39 is 0 Å². The van der Waals surface area contributed by atoms with Gasteiger partial charge in [-0.3, -0.25) is 4.79 Å². The van der Waals surface area contributed by atoms with Crippen molar-refractivity contribution in [2.45, 2.75) is 32.6 Å². The van der Waals surface area contributed by atoms with E-state index in [1.165, 1.54) is 6.42 Å². The number of halogens is 2. The van der Waals surface area contributed by atoms with Crippen LogP contribution in [0.25, 0.3) is 0 Å². The van der Waals surface area contributed by atoms with Gasteiger partial charge in [0.2, 0.25) is 0 Å². The zero-order valence-electron chi connectivity index (χ0n) is 12.0. The van der Waals surface area contributed by atoms with Crippen molar-refractivity contribution in [3.8, 4) is 0 Å². The van der Waals surface area contributed by atoms with Gasteiger partial charge < -0.3 is 5.32 Å². The maximum Gasteiger partial charge on any atom is 0.259 e. The third-order valence-corrected chi connectivity index (χ3v) is 4.47. The van der Waals surface area contributed by atoms with E-state index in [0.717, 1.165) is 35.1 Å². The Bertz CT molecular complexity index is 548. The summed E-state index contributed by atoms with van der Waals surface area (Å²) in [6.07, 6.45) is 4.55. The number of amides is 1. The van der Waals surface area contributed by atoms with Crippen LogP contribution < -0.4 is 10.7 Å². The number of hydrogen-bond acceptors (Lipinski definition) is 3. The Morgan fingerprint density at radius 3 is 3.00 bits per heavy atom. The summed E-state index contributed by atoms with van der Waals surface area (Å²) >= 11 is 9.27. The minimum Gasteiger partial charge on any atom is -0.375 e. The zero-order chi connectivity index (χ0) is 15.2. The topological polar surface area (TPSA) is 53.5 Å². The number of benzene rings is 1. The Morgan fingerprint density at radius 2 is 2.29 bits per heavy atom. The van der Waals surface area contributed by atoms with Gasteiger partial charge in [-0.25, -0.2) is 5.43 Å². The van der Waals surface area contributed by atoms with Crippen LogP contribution >= 0.6 is 27.5 Å². The van der Waals surface area contributed by atoms with Gasteiger partial charge in [0, 0.05) is 20.9 Å². The third-order valence-electron chi connectivity index (χ3n) is 3.58. The van der Waals surface area contributed by atoms with Crippen molar-refractivity contribution in [2.75, 3.05) is 11.9 Å². The Balaban J connectivity index is 1.83. The van der Waals surface area contributed by atoms with Crippen LogP contribution in [-0.4, -0.2) is 18.2 Å². The highest BCUT2D eigenvalue weighted by Gasteiger charge is 2.16. The van der Waals surface area contributed by atoms with Crippen LogP contribution in [0.5, 0.6) is 0 Å². The predicted octanol–water partition coefficient (Wildman–Crippen LogP) is 4.20. The van der Waals surface area contributed by atoms with Gasteiger partial charge in [-0.1, -0.05) is 24.9 Å². The molecule has 1 amide bonds. The number of nitrogens with one attached hydrogen (secondary N) is 2. The van der Waals surface area contributed by atoms with E-state index in [0.29, 0.717) is 10.9 Å². The van der Waals surface area contributed by atoms with Gasteiger partial charge in [0.1, 0.15) is 0 Å².